The lowest BCUT2D eigenvalue weighted by Crippen LogP contribution is -1.97. The van der Waals surface area contributed by atoms with Gasteiger partial charge in [0, 0.05) is 28.3 Å². The number of methoxy groups -OCH3 is 1. The van der Waals surface area contributed by atoms with E-state index in [1.54, 1.807) is 19.2 Å². The molecule has 1 heterocycles. The van der Waals surface area contributed by atoms with Crippen LogP contribution in [0.3, 0.4) is 0 Å². The first-order valence-electron chi connectivity index (χ1n) is 7.29. The van der Waals surface area contributed by atoms with Crippen molar-refractivity contribution in [1.82, 2.24) is 14.9 Å². The zero-order chi connectivity index (χ0) is 18.7. The average molecular weight is 390 g/mol. The van der Waals surface area contributed by atoms with Gasteiger partial charge in [-0.25, -0.2) is 5.10 Å². The summed E-state index contributed by atoms with van der Waals surface area (Å²) in [5.74, 6) is 1.13. The Hall–Kier alpha value is -3.04. The molecule has 0 saturated carbocycles. The van der Waals surface area contributed by atoms with E-state index in [1.807, 2.05) is 12.1 Å². The van der Waals surface area contributed by atoms with Crippen molar-refractivity contribution in [1.29, 1.82) is 0 Å². The molecule has 0 unspecified atom stereocenters. The number of rotatable bonds is 5. The van der Waals surface area contributed by atoms with Crippen LogP contribution in [0.5, 0.6) is 5.75 Å². The number of ether oxygens (including phenoxy) is 1. The average Bonchev–Trinajstić information content (AvgIpc) is 3.01. The van der Waals surface area contributed by atoms with Crippen molar-refractivity contribution in [2.24, 2.45) is 5.10 Å². The summed E-state index contributed by atoms with van der Waals surface area (Å²) >= 11 is 11.3. The third kappa shape index (κ3) is 3.63. The van der Waals surface area contributed by atoms with Crippen LogP contribution in [-0.2, 0) is 0 Å². The third-order valence-corrected chi connectivity index (χ3v) is 4.09. The van der Waals surface area contributed by atoms with Crippen molar-refractivity contribution in [2.75, 3.05) is 7.11 Å². The molecule has 0 atom stereocenters. The smallest absolute Gasteiger partial charge is 0.270 e. The van der Waals surface area contributed by atoms with Crippen LogP contribution in [0.1, 0.15) is 5.56 Å². The summed E-state index contributed by atoms with van der Waals surface area (Å²) in [5.41, 5.74) is 1.04. The number of hydrogen-bond acceptors (Lipinski definition) is 6. The van der Waals surface area contributed by atoms with E-state index in [9.17, 15) is 10.1 Å². The Morgan fingerprint density at radius 1 is 1.38 bits per heavy atom. The number of nitrogens with zero attached hydrogens (tertiary/aromatic N) is 4. The number of nitro groups is 1. The van der Waals surface area contributed by atoms with Crippen molar-refractivity contribution in [3.05, 3.63) is 67.9 Å². The molecule has 0 aliphatic heterocycles. The van der Waals surface area contributed by atoms with Crippen molar-refractivity contribution >= 4 is 35.7 Å². The van der Waals surface area contributed by atoms with Gasteiger partial charge in [0.1, 0.15) is 5.75 Å². The quantitative estimate of drug-likeness (QED) is 0.307. The molecular formula is C16H12ClN5O3S. The third-order valence-electron chi connectivity index (χ3n) is 3.48. The Labute approximate surface area is 157 Å². The van der Waals surface area contributed by atoms with Crippen molar-refractivity contribution < 1.29 is 9.66 Å². The molecule has 1 N–H and O–H groups in total. The maximum absolute atomic E-state index is 10.9. The first-order valence-corrected chi connectivity index (χ1v) is 8.08. The maximum atomic E-state index is 10.9. The molecule has 1 aromatic heterocycles. The number of hydrogen-bond donors (Lipinski definition) is 1. The summed E-state index contributed by atoms with van der Waals surface area (Å²) < 4.78 is 6.88. The number of aromatic nitrogens is 3. The van der Waals surface area contributed by atoms with Crippen LogP contribution >= 0.6 is 23.8 Å². The summed E-state index contributed by atoms with van der Waals surface area (Å²) in [4.78, 5) is 10.4. The lowest BCUT2D eigenvalue weighted by molar-refractivity contribution is -0.384. The number of benzene rings is 2. The minimum atomic E-state index is -0.501. The monoisotopic (exact) mass is 389 g/mol. The van der Waals surface area contributed by atoms with Gasteiger partial charge in [-0.3, -0.25) is 10.1 Å². The number of non-ortho nitro benzene ring substituents is 1. The van der Waals surface area contributed by atoms with Crippen LogP contribution in [0.2, 0.25) is 5.02 Å². The van der Waals surface area contributed by atoms with E-state index in [-0.39, 0.29) is 10.5 Å². The molecule has 0 bridgehead atoms. The Morgan fingerprint density at radius 3 is 2.92 bits per heavy atom. The molecule has 0 aliphatic rings. The van der Waals surface area contributed by atoms with Crippen LogP contribution < -0.4 is 4.74 Å². The summed E-state index contributed by atoms with van der Waals surface area (Å²) in [6.07, 6.45) is 1.39. The van der Waals surface area contributed by atoms with Crippen molar-refractivity contribution in [3.63, 3.8) is 0 Å². The molecule has 132 valence electrons. The first-order chi connectivity index (χ1) is 12.5. The molecule has 0 saturated heterocycles. The SMILES string of the molecule is COc1cccc(-c2n[nH]c(=S)n2N=Cc2cc([N+](=O)[O-])ccc2Cl)c1. The zero-order valence-electron chi connectivity index (χ0n) is 13.4. The second-order valence-electron chi connectivity index (χ2n) is 5.10. The van der Waals surface area contributed by atoms with Gasteiger partial charge in [-0.1, -0.05) is 23.7 Å². The molecule has 10 heteroatoms. The standard InChI is InChI=1S/C16H12ClN5O3S/c1-25-13-4-2-3-10(8-13)15-19-20-16(26)21(15)18-9-11-7-12(22(23)24)5-6-14(11)17/h2-9H,1H3,(H,20,26). The van der Waals surface area contributed by atoms with Gasteiger partial charge in [0.05, 0.1) is 18.2 Å². The largest absolute Gasteiger partial charge is 0.497 e. The van der Waals surface area contributed by atoms with Crippen LogP contribution in [0.4, 0.5) is 5.69 Å². The molecule has 0 amide bonds. The summed E-state index contributed by atoms with van der Waals surface area (Å²) in [7, 11) is 1.57. The molecule has 26 heavy (non-hydrogen) atoms. The highest BCUT2D eigenvalue weighted by Crippen LogP contribution is 2.23. The number of H-pyrrole nitrogens is 1. The van der Waals surface area contributed by atoms with Gasteiger partial charge in [0.2, 0.25) is 4.77 Å². The number of nitro benzene ring substituents is 1. The lowest BCUT2D eigenvalue weighted by atomic mass is 10.2. The van der Waals surface area contributed by atoms with E-state index in [0.29, 0.717) is 22.2 Å². The summed E-state index contributed by atoms with van der Waals surface area (Å²) in [5, 5.41) is 22.4. The minimum Gasteiger partial charge on any atom is -0.497 e. The van der Waals surface area contributed by atoms with Gasteiger partial charge in [-0.05, 0) is 30.4 Å². The molecule has 0 spiro atoms. The van der Waals surface area contributed by atoms with Gasteiger partial charge >= 0.3 is 0 Å². The normalized spacial score (nSPS) is 11.0. The van der Waals surface area contributed by atoms with Gasteiger partial charge in [-0.2, -0.15) is 14.9 Å². The number of aromatic amines is 1. The molecule has 0 aliphatic carbocycles. The van der Waals surface area contributed by atoms with E-state index in [1.165, 1.54) is 29.1 Å². The van der Waals surface area contributed by atoms with E-state index in [0.717, 1.165) is 5.56 Å². The predicted molar refractivity (Wildman–Crippen MR) is 100 cm³/mol. The molecule has 3 aromatic rings. The van der Waals surface area contributed by atoms with Gasteiger partial charge in [0.25, 0.3) is 5.69 Å². The Bertz CT molecular complexity index is 1060. The highest BCUT2D eigenvalue weighted by Gasteiger charge is 2.11. The maximum Gasteiger partial charge on any atom is 0.270 e. The van der Waals surface area contributed by atoms with Crippen LogP contribution in [-0.4, -0.2) is 33.1 Å². The molecule has 0 radical (unpaired) electrons. The van der Waals surface area contributed by atoms with Crippen LogP contribution in [0.15, 0.2) is 47.6 Å². The van der Waals surface area contributed by atoms with Gasteiger partial charge in [-0.15, -0.1) is 0 Å². The highest BCUT2D eigenvalue weighted by atomic mass is 35.5. The minimum absolute atomic E-state index is 0.0836. The molecule has 0 fully saturated rings. The fourth-order valence-electron chi connectivity index (χ4n) is 2.21. The van der Waals surface area contributed by atoms with E-state index in [4.69, 9.17) is 28.6 Å². The van der Waals surface area contributed by atoms with Crippen LogP contribution in [0.25, 0.3) is 11.4 Å². The second kappa shape index (κ2) is 7.46. The van der Waals surface area contributed by atoms with Gasteiger partial charge in [0.15, 0.2) is 5.82 Å². The molecule has 8 nitrogen and oxygen atoms in total. The second-order valence-corrected chi connectivity index (χ2v) is 5.90. The molecule has 3 rings (SSSR count). The molecule has 2 aromatic carbocycles. The van der Waals surface area contributed by atoms with E-state index >= 15 is 0 Å². The van der Waals surface area contributed by atoms with Crippen molar-refractivity contribution in [2.45, 2.75) is 0 Å². The Balaban J connectivity index is 2.02. The van der Waals surface area contributed by atoms with E-state index in [2.05, 4.69) is 15.3 Å². The topological polar surface area (TPSA) is 98.3 Å². The first kappa shape index (κ1) is 17.8. The zero-order valence-corrected chi connectivity index (χ0v) is 15.0. The Kier molecular flexibility index (Phi) is 5.10. The van der Waals surface area contributed by atoms with Crippen LogP contribution in [0, 0.1) is 14.9 Å². The highest BCUT2D eigenvalue weighted by molar-refractivity contribution is 7.71. The number of nitrogens with one attached hydrogen (secondary N) is 1. The predicted octanol–water partition coefficient (Wildman–Crippen LogP) is 4.06. The van der Waals surface area contributed by atoms with E-state index < -0.39 is 4.92 Å². The fourth-order valence-corrected chi connectivity index (χ4v) is 2.56. The fraction of sp³-hybridized carbons (Fsp3) is 0.0625. The molecular weight excluding hydrogens is 378 g/mol. The summed E-state index contributed by atoms with van der Waals surface area (Å²) in [6, 6.07) is 11.3. The Morgan fingerprint density at radius 2 is 2.19 bits per heavy atom. The van der Waals surface area contributed by atoms with Crippen molar-refractivity contribution in [3.8, 4) is 17.1 Å². The lowest BCUT2D eigenvalue weighted by Gasteiger charge is -2.04. The summed E-state index contributed by atoms with van der Waals surface area (Å²) in [6.45, 7) is 0. The van der Waals surface area contributed by atoms with Gasteiger partial charge < -0.3 is 4.74 Å². The number of halogens is 1.